The van der Waals surface area contributed by atoms with Gasteiger partial charge in [0, 0.05) is 12.8 Å². The minimum absolute atomic E-state index is 0.00352. The lowest BCUT2D eigenvalue weighted by atomic mass is 10.2. The fraction of sp³-hybridized carbons (Fsp3) is 0.500. The van der Waals surface area contributed by atoms with Crippen LogP contribution in [0.2, 0.25) is 0 Å². The molecule has 0 fully saturated rings. The molecule has 0 radical (unpaired) electrons. The van der Waals surface area contributed by atoms with Gasteiger partial charge in [-0.2, -0.15) is 0 Å². The van der Waals surface area contributed by atoms with Crippen molar-refractivity contribution in [2.45, 2.75) is 19.8 Å². The Kier molecular flexibility index (Phi) is 3.08. The van der Waals surface area contributed by atoms with E-state index in [9.17, 15) is 9.18 Å². The van der Waals surface area contributed by atoms with Crippen LogP contribution in [0, 0.1) is 0 Å². The summed E-state index contributed by atoms with van der Waals surface area (Å²) in [6, 6.07) is 0. The summed E-state index contributed by atoms with van der Waals surface area (Å²) >= 11 is 0. The van der Waals surface area contributed by atoms with Crippen LogP contribution in [0.5, 0.6) is 0 Å². The van der Waals surface area contributed by atoms with Crippen LogP contribution in [0.3, 0.4) is 0 Å². The van der Waals surface area contributed by atoms with Gasteiger partial charge in [0.25, 0.3) is 0 Å². The predicted octanol–water partition coefficient (Wildman–Crippen LogP) is 1.84. The zero-order valence-electron chi connectivity index (χ0n) is 4.91. The fourth-order valence-corrected chi connectivity index (χ4v) is 0.312. The molecule has 0 heterocycles. The molecule has 0 aliphatic rings. The van der Waals surface area contributed by atoms with Gasteiger partial charge in [-0.25, -0.2) is 4.39 Å². The molecule has 0 aromatic heterocycles. The van der Waals surface area contributed by atoms with Crippen LogP contribution in [0.15, 0.2) is 12.4 Å². The van der Waals surface area contributed by atoms with Gasteiger partial charge in [0.15, 0.2) is 0 Å². The monoisotopic (exact) mass is 116 g/mol. The minimum atomic E-state index is -0.416. The van der Waals surface area contributed by atoms with Gasteiger partial charge in [0.1, 0.15) is 5.78 Å². The third kappa shape index (κ3) is 5.34. The van der Waals surface area contributed by atoms with Crippen molar-refractivity contribution in [3.63, 3.8) is 0 Å². The SMILES string of the molecule is C=C(F)CCC(C)=O. The smallest absolute Gasteiger partial charge is 0.130 e. The van der Waals surface area contributed by atoms with E-state index in [4.69, 9.17) is 0 Å². The fourth-order valence-electron chi connectivity index (χ4n) is 0.312. The van der Waals surface area contributed by atoms with Crippen molar-refractivity contribution in [3.05, 3.63) is 12.4 Å². The maximum absolute atomic E-state index is 11.7. The maximum Gasteiger partial charge on any atom is 0.130 e. The molecule has 0 aromatic carbocycles. The molecule has 0 amide bonds. The summed E-state index contributed by atoms with van der Waals surface area (Å²) in [7, 11) is 0. The quantitative estimate of drug-likeness (QED) is 0.549. The van der Waals surface area contributed by atoms with Crippen LogP contribution >= 0.6 is 0 Å². The Morgan fingerprint density at radius 3 is 2.25 bits per heavy atom. The number of halogens is 1. The Labute approximate surface area is 48.2 Å². The summed E-state index contributed by atoms with van der Waals surface area (Å²) in [5, 5.41) is 0. The Bertz CT molecular complexity index is 93.1. The lowest BCUT2D eigenvalue weighted by molar-refractivity contribution is -0.117. The van der Waals surface area contributed by atoms with Crippen molar-refractivity contribution in [2.24, 2.45) is 0 Å². The zero-order valence-corrected chi connectivity index (χ0v) is 4.91. The number of Topliss-reactive ketones (excluding diaryl/α,β-unsaturated/α-hetero) is 1. The van der Waals surface area contributed by atoms with E-state index >= 15 is 0 Å². The standard InChI is InChI=1S/C6H9FO/c1-5(7)3-4-6(2)8/h1,3-4H2,2H3. The van der Waals surface area contributed by atoms with Crippen molar-refractivity contribution in [3.8, 4) is 0 Å². The van der Waals surface area contributed by atoms with Gasteiger partial charge in [-0.15, -0.1) is 0 Å². The summed E-state index contributed by atoms with van der Waals surface area (Å²) in [6.07, 6.45) is 0.449. The zero-order chi connectivity index (χ0) is 6.57. The molecule has 0 N–H and O–H groups in total. The van der Waals surface area contributed by atoms with E-state index in [1.54, 1.807) is 0 Å². The molecule has 0 rings (SSSR count). The van der Waals surface area contributed by atoms with E-state index in [0.29, 0.717) is 0 Å². The molecule has 0 saturated carbocycles. The third-order valence-electron chi connectivity index (χ3n) is 0.748. The van der Waals surface area contributed by atoms with Crippen molar-refractivity contribution < 1.29 is 9.18 Å². The second kappa shape index (κ2) is 3.36. The first kappa shape index (κ1) is 7.34. The van der Waals surface area contributed by atoms with Crippen LogP contribution in [-0.2, 0) is 4.79 Å². The number of allylic oxidation sites excluding steroid dienone is 1. The molecular weight excluding hydrogens is 107 g/mol. The summed E-state index contributed by atoms with van der Waals surface area (Å²) < 4.78 is 11.7. The van der Waals surface area contributed by atoms with E-state index in [2.05, 4.69) is 6.58 Å². The molecule has 46 valence electrons. The van der Waals surface area contributed by atoms with Gasteiger partial charge in [-0.1, -0.05) is 6.58 Å². The van der Waals surface area contributed by atoms with E-state index in [1.165, 1.54) is 6.92 Å². The van der Waals surface area contributed by atoms with Gasteiger partial charge in [-0.3, -0.25) is 0 Å². The second-order valence-corrected chi connectivity index (χ2v) is 1.72. The molecule has 0 aliphatic heterocycles. The van der Waals surface area contributed by atoms with Crippen LogP contribution < -0.4 is 0 Å². The molecule has 0 unspecified atom stereocenters. The average molecular weight is 116 g/mol. The van der Waals surface area contributed by atoms with Gasteiger partial charge in [-0.05, 0) is 6.92 Å². The third-order valence-corrected chi connectivity index (χ3v) is 0.748. The summed E-state index contributed by atoms with van der Waals surface area (Å²) in [5.41, 5.74) is 0. The van der Waals surface area contributed by atoms with Crippen LogP contribution in [0.25, 0.3) is 0 Å². The number of hydrogen-bond donors (Lipinski definition) is 0. The molecule has 0 aromatic rings. The minimum Gasteiger partial charge on any atom is -0.300 e. The molecule has 0 aliphatic carbocycles. The Hall–Kier alpha value is -0.660. The number of hydrogen-bond acceptors (Lipinski definition) is 1. The van der Waals surface area contributed by atoms with E-state index in [1.807, 2.05) is 0 Å². The molecule has 0 bridgehead atoms. The predicted molar refractivity (Wildman–Crippen MR) is 30.2 cm³/mol. The highest BCUT2D eigenvalue weighted by Crippen LogP contribution is 2.02. The summed E-state index contributed by atoms with van der Waals surface area (Å²) in [4.78, 5) is 10.1. The lowest BCUT2D eigenvalue weighted by Crippen LogP contribution is -1.87. The number of carbonyl (C=O) groups is 1. The van der Waals surface area contributed by atoms with Gasteiger partial charge in [0.05, 0.1) is 5.83 Å². The molecule has 2 heteroatoms. The summed E-state index contributed by atoms with van der Waals surface area (Å²) in [5.74, 6) is -0.413. The second-order valence-electron chi connectivity index (χ2n) is 1.72. The van der Waals surface area contributed by atoms with Crippen LogP contribution in [0.1, 0.15) is 19.8 Å². The molecule has 0 saturated heterocycles. The van der Waals surface area contributed by atoms with Crippen LogP contribution in [-0.4, -0.2) is 5.78 Å². The highest BCUT2D eigenvalue weighted by atomic mass is 19.1. The number of rotatable bonds is 3. The van der Waals surface area contributed by atoms with Gasteiger partial charge >= 0.3 is 0 Å². The molecule has 1 nitrogen and oxygen atoms in total. The first-order chi connectivity index (χ1) is 3.63. The highest BCUT2D eigenvalue weighted by Gasteiger charge is 1.93. The van der Waals surface area contributed by atoms with Crippen molar-refractivity contribution in [1.29, 1.82) is 0 Å². The molecule has 0 spiro atoms. The van der Waals surface area contributed by atoms with E-state index in [0.717, 1.165) is 0 Å². The topological polar surface area (TPSA) is 17.1 Å². The Balaban J connectivity index is 3.18. The average Bonchev–Trinajstić information content (AvgIpc) is 1.61. The molecule has 8 heavy (non-hydrogen) atoms. The maximum atomic E-state index is 11.7. The first-order valence-electron chi connectivity index (χ1n) is 2.45. The van der Waals surface area contributed by atoms with Crippen molar-refractivity contribution in [1.82, 2.24) is 0 Å². The lowest BCUT2D eigenvalue weighted by Gasteiger charge is -1.88. The molecule has 0 atom stereocenters. The van der Waals surface area contributed by atoms with Crippen LogP contribution in [0.4, 0.5) is 4.39 Å². The summed E-state index contributed by atoms with van der Waals surface area (Å²) in [6.45, 7) is 4.44. The first-order valence-corrected chi connectivity index (χ1v) is 2.45. The Morgan fingerprint density at radius 1 is 1.62 bits per heavy atom. The Morgan fingerprint density at radius 2 is 2.12 bits per heavy atom. The molecular formula is C6H9FO. The number of ketones is 1. The number of carbonyl (C=O) groups excluding carboxylic acids is 1. The normalized spacial score (nSPS) is 8.75. The highest BCUT2D eigenvalue weighted by molar-refractivity contribution is 5.75. The van der Waals surface area contributed by atoms with Crippen molar-refractivity contribution >= 4 is 5.78 Å². The van der Waals surface area contributed by atoms with Gasteiger partial charge < -0.3 is 4.79 Å². The van der Waals surface area contributed by atoms with E-state index < -0.39 is 5.83 Å². The van der Waals surface area contributed by atoms with E-state index in [-0.39, 0.29) is 18.6 Å². The van der Waals surface area contributed by atoms with Crippen molar-refractivity contribution in [2.75, 3.05) is 0 Å². The largest absolute Gasteiger partial charge is 0.300 e. The van der Waals surface area contributed by atoms with Gasteiger partial charge in [0.2, 0.25) is 0 Å².